The first-order valence-electron chi connectivity index (χ1n) is 3.63. The zero-order chi connectivity index (χ0) is 10.1. The molecule has 0 amide bonds. The van der Waals surface area contributed by atoms with E-state index in [9.17, 15) is 14.4 Å². The molecule has 1 aliphatic rings. The van der Waals surface area contributed by atoms with Gasteiger partial charge in [-0.2, -0.15) is 0 Å². The maximum absolute atomic E-state index is 10.7. The first-order chi connectivity index (χ1) is 5.96. The molecule has 0 saturated carbocycles. The number of rotatable bonds is 3. The maximum Gasteiger partial charge on any atom is 0.348 e. The average molecular weight is 188 g/mol. The number of hydrogen-bond donors (Lipinski definition) is 2. The largest absolute Gasteiger partial charge is 0.481 e. The van der Waals surface area contributed by atoms with Gasteiger partial charge in [-0.25, -0.2) is 4.79 Å². The summed E-state index contributed by atoms with van der Waals surface area (Å²) in [5.41, 5.74) is -1.84. The maximum atomic E-state index is 10.7. The van der Waals surface area contributed by atoms with Gasteiger partial charge < -0.3 is 14.9 Å². The number of ether oxygens (including phenoxy) is 1. The second-order valence-corrected chi connectivity index (χ2v) is 2.84. The van der Waals surface area contributed by atoms with Gasteiger partial charge in [0, 0.05) is 12.8 Å². The lowest BCUT2D eigenvalue weighted by Crippen LogP contribution is -2.40. The molecule has 0 aromatic heterocycles. The molecule has 0 bridgehead atoms. The molecular weight excluding hydrogens is 180 g/mol. The summed E-state index contributed by atoms with van der Waals surface area (Å²) >= 11 is 0. The van der Waals surface area contributed by atoms with E-state index in [0.29, 0.717) is 0 Å². The second kappa shape index (κ2) is 3.04. The van der Waals surface area contributed by atoms with Crippen LogP contribution in [0.15, 0.2) is 0 Å². The van der Waals surface area contributed by atoms with Crippen molar-refractivity contribution in [3.63, 3.8) is 0 Å². The van der Waals surface area contributed by atoms with Crippen LogP contribution in [-0.4, -0.2) is 33.7 Å². The number of carbonyl (C=O) groups excluding carboxylic acids is 1. The highest BCUT2D eigenvalue weighted by Crippen LogP contribution is 2.30. The summed E-state index contributed by atoms with van der Waals surface area (Å²) in [4.78, 5) is 31.6. The van der Waals surface area contributed by atoms with Gasteiger partial charge in [-0.15, -0.1) is 0 Å². The molecule has 0 aromatic rings. The van der Waals surface area contributed by atoms with E-state index in [4.69, 9.17) is 10.2 Å². The van der Waals surface area contributed by atoms with Crippen LogP contribution in [0.4, 0.5) is 0 Å². The van der Waals surface area contributed by atoms with Crippen LogP contribution in [0.3, 0.4) is 0 Å². The Morgan fingerprint density at radius 2 is 2.08 bits per heavy atom. The minimum absolute atomic E-state index is 0.0421. The molecule has 0 radical (unpaired) electrons. The third-order valence-electron chi connectivity index (χ3n) is 1.87. The van der Waals surface area contributed by atoms with Crippen molar-refractivity contribution in [3.05, 3.63) is 0 Å². The molecule has 1 saturated heterocycles. The summed E-state index contributed by atoms with van der Waals surface area (Å²) in [6, 6.07) is 0. The molecule has 6 heteroatoms. The van der Waals surface area contributed by atoms with Gasteiger partial charge in [0.25, 0.3) is 0 Å². The number of carboxylic acid groups (broad SMARTS) is 2. The van der Waals surface area contributed by atoms with Crippen molar-refractivity contribution in [2.45, 2.75) is 24.9 Å². The number of cyclic esters (lactones) is 1. The van der Waals surface area contributed by atoms with E-state index in [1.54, 1.807) is 0 Å². The molecule has 1 aliphatic heterocycles. The Morgan fingerprint density at radius 3 is 2.38 bits per heavy atom. The Bertz CT molecular complexity index is 270. The molecule has 1 rings (SSSR count). The van der Waals surface area contributed by atoms with Crippen LogP contribution in [-0.2, 0) is 19.1 Å². The van der Waals surface area contributed by atoms with Crippen LogP contribution >= 0.6 is 0 Å². The highest BCUT2D eigenvalue weighted by molar-refractivity contribution is 5.89. The fourth-order valence-corrected chi connectivity index (χ4v) is 1.22. The van der Waals surface area contributed by atoms with Crippen LogP contribution in [0.1, 0.15) is 19.3 Å². The molecular formula is C7H8O6. The number of esters is 1. The monoisotopic (exact) mass is 188 g/mol. The van der Waals surface area contributed by atoms with Crippen LogP contribution in [0, 0.1) is 0 Å². The van der Waals surface area contributed by atoms with Gasteiger partial charge in [-0.05, 0) is 0 Å². The van der Waals surface area contributed by atoms with Crippen LogP contribution in [0.2, 0.25) is 0 Å². The van der Waals surface area contributed by atoms with Gasteiger partial charge in [0.1, 0.15) is 0 Å². The summed E-state index contributed by atoms with van der Waals surface area (Å²) < 4.78 is 4.50. The van der Waals surface area contributed by atoms with Gasteiger partial charge in [-0.1, -0.05) is 0 Å². The summed E-state index contributed by atoms with van der Waals surface area (Å²) in [5.74, 6) is -3.36. The Balaban J connectivity index is 2.83. The number of carboxylic acids is 2. The second-order valence-electron chi connectivity index (χ2n) is 2.84. The van der Waals surface area contributed by atoms with Crippen LogP contribution in [0.25, 0.3) is 0 Å². The van der Waals surface area contributed by atoms with E-state index < -0.39 is 29.9 Å². The lowest BCUT2D eigenvalue weighted by molar-refractivity contribution is -0.173. The van der Waals surface area contributed by atoms with E-state index in [2.05, 4.69) is 4.74 Å². The van der Waals surface area contributed by atoms with Crippen LogP contribution < -0.4 is 0 Å². The fourth-order valence-electron chi connectivity index (χ4n) is 1.22. The van der Waals surface area contributed by atoms with E-state index in [-0.39, 0.29) is 12.8 Å². The Hall–Kier alpha value is -1.59. The van der Waals surface area contributed by atoms with Gasteiger partial charge >= 0.3 is 17.9 Å². The molecule has 2 N–H and O–H groups in total. The van der Waals surface area contributed by atoms with E-state index in [0.717, 1.165) is 0 Å². The van der Waals surface area contributed by atoms with Crippen LogP contribution in [0.5, 0.6) is 0 Å². The van der Waals surface area contributed by atoms with Crippen molar-refractivity contribution >= 4 is 17.9 Å². The highest BCUT2D eigenvalue weighted by atomic mass is 16.6. The first kappa shape index (κ1) is 9.50. The Labute approximate surface area is 73.1 Å². The molecule has 13 heavy (non-hydrogen) atoms. The normalized spacial score (nSPS) is 26.9. The number of carbonyl (C=O) groups is 3. The molecule has 1 atom stereocenters. The molecule has 0 aromatic carbocycles. The molecule has 6 nitrogen and oxygen atoms in total. The molecule has 0 unspecified atom stereocenters. The lowest BCUT2D eigenvalue weighted by atomic mass is 9.96. The zero-order valence-corrected chi connectivity index (χ0v) is 6.65. The van der Waals surface area contributed by atoms with Crippen molar-refractivity contribution in [3.8, 4) is 0 Å². The summed E-state index contributed by atoms with van der Waals surface area (Å²) in [5, 5.41) is 17.1. The van der Waals surface area contributed by atoms with Gasteiger partial charge in [0.2, 0.25) is 5.60 Å². The van der Waals surface area contributed by atoms with E-state index >= 15 is 0 Å². The van der Waals surface area contributed by atoms with Gasteiger partial charge in [-0.3, -0.25) is 9.59 Å². The third-order valence-corrected chi connectivity index (χ3v) is 1.87. The minimum atomic E-state index is -1.84. The average Bonchev–Trinajstić information content (AvgIpc) is 2.31. The van der Waals surface area contributed by atoms with E-state index in [1.165, 1.54) is 0 Å². The number of aliphatic carboxylic acids is 2. The predicted octanol–water partition coefficient (Wildman–Crippen LogP) is -0.379. The Kier molecular flexibility index (Phi) is 2.22. The Morgan fingerprint density at radius 1 is 1.46 bits per heavy atom. The van der Waals surface area contributed by atoms with Crippen molar-refractivity contribution in [1.29, 1.82) is 0 Å². The van der Waals surface area contributed by atoms with Gasteiger partial charge in [0.15, 0.2) is 0 Å². The summed E-state index contributed by atoms with van der Waals surface area (Å²) in [6.45, 7) is 0. The lowest BCUT2D eigenvalue weighted by Gasteiger charge is -2.19. The first-order valence-corrected chi connectivity index (χ1v) is 3.63. The summed E-state index contributed by atoms with van der Waals surface area (Å²) in [7, 11) is 0. The fraction of sp³-hybridized carbons (Fsp3) is 0.571. The standard InChI is InChI=1S/C7H8O6/c8-4(9)3-7(6(11)12)2-1-5(10)13-7/h1-3H2,(H,8,9)(H,11,12)/t7-/m0/s1. The topological polar surface area (TPSA) is 101 Å². The van der Waals surface area contributed by atoms with Crippen molar-refractivity contribution in [2.24, 2.45) is 0 Å². The molecule has 0 spiro atoms. The molecule has 72 valence electrons. The van der Waals surface area contributed by atoms with Gasteiger partial charge in [0.05, 0.1) is 6.42 Å². The SMILES string of the molecule is O=C(O)C[C@]1(C(=O)O)CCC(=O)O1. The van der Waals surface area contributed by atoms with E-state index in [1.807, 2.05) is 0 Å². The highest BCUT2D eigenvalue weighted by Gasteiger charge is 2.49. The molecule has 1 heterocycles. The zero-order valence-electron chi connectivity index (χ0n) is 6.65. The van der Waals surface area contributed by atoms with Crippen molar-refractivity contribution in [2.75, 3.05) is 0 Å². The number of hydrogen-bond acceptors (Lipinski definition) is 4. The predicted molar refractivity (Wildman–Crippen MR) is 37.9 cm³/mol. The quantitative estimate of drug-likeness (QED) is 0.585. The van der Waals surface area contributed by atoms with Crippen molar-refractivity contribution in [1.82, 2.24) is 0 Å². The smallest absolute Gasteiger partial charge is 0.348 e. The molecule has 1 fully saturated rings. The summed E-state index contributed by atoms with van der Waals surface area (Å²) in [6.07, 6.45) is -0.804. The minimum Gasteiger partial charge on any atom is -0.481 e. The molecule has 0 aliphatic carbocycles. The third kappa shape index (κ3) is 1.77. The van der Waals surface area contributed by atoms with Crippen molar-refractivity contribution < 1.29 is 29.3 Å².